The Morgan fingerprint density at radius 3 is 2.92 bits per heavy atom. The van der Waals surface area contributed by atoms with Gasteiger partial charge in [-0.25, -0.2) is 4.79 Å². The molecular formula is C9H14O3. The zero-order chi connectivity index (χ0) is 9.40. The molecule has 0 rings (SSSR count). The lowest BCUT2D eigenvalue weighted by Gasteiger charge is -1.99. The Balaban J connectivity index is 3.72. The van der Waals surface area contributed by atoms with E-state index in [-0.39, 0.29) is 0 Å². The number of esters is 1. The molecule has 0 aliphatic carbocycles. The molecule has 3 nitrogen and oxygen atoms in total. The number of carbonyl (C=O) groups excluding carboxylic acids is 1. The molecule has 3 heteroatoms. The summed E-state index contributed by atoms with van der Waals surface area (Å²) in [6.45, 7) is 5.53. The van der Waals surface area contributed by atoms with E-state index in [1.54, 1.807) is 13.0 Å². The summed E-state index contributed by atoms with van der Waals surface area (Å²) in [6.07, 6.45) is 3.99. The largest absolute Gasteiger partial charge is 0.463 e. The van der Waals surface area contributed by atoms with Crippen LogP contribution in [0.4, 0.5) is 0 Å². The van der Waals surface area contributed by atoms with Crippen molar-refractivity contribution in [3.05, 3.63) is 24.8 Å². The molecule has 0 spiro atoms. The summed E-state index contributed by atoms with van der Waals surface area (Å²) in [7, 11) is 0. The van der Waals surface area contributed by atoms with Crippen molar-refractivity contribution in [2.24, 2.45) is 0 Å². The van der Waals surface area contributed by atoms with Crippen LogP contribution in [0.1, 0.15) is 13.3 Å². The zero-order valence-corrected chi connectivity index (χ0v) is 7.19. The van der Waals surface area contributed by atoms with Crippen LogP contribution < -0.4 is 0 Å². The van der Waals surface area contributed by atoms with Crippen LogP contribution in [0, 0.1) is 0 Å². The van der Waals surface area contributed by atoms with Crippen LogP contribution in [0.5, 0.6) is 0 Å². The molecule has 0 radical (unpaired) electrons. The van der Waals surface area contributed by atoms with Gasteiger partial charge >= 0.3 is 5.97 Å². The summed E-state index contributed by atoms with van der Waals surface area (Å²) >= 11 is 0. The predicted molar refractivity (Wildman–Crippen MR) is 46.6 cm³/mol. The second kappa shape index (κ2) is 6.61. The van der Waals surface area contributed by atoms with Gasteiger partial charge in [0.05, 0.1) is 12.7 Å². The smallest absolute Gasteiger partial charge is 0.330 e. The average molecular weight is 170 g/mol. The number of aliphatic hydroxyl groups is 1. The van der Waals surface area contributed by atoms with Crippen molar-refractivity contribution < 1.29 is 14.6 Å². The monoisotopic (exact) mass is 170 g/mol. The van der Waals surface area contributed by atoms with Gasteiger partial charge in [0.25, 0.3) is 0 Å². The van der Waals surface area contributed by atoms with Crippen molar-refractivity contribution in [1.82, 2.24) is 0 Å². The van der Waals surface area contributed by atoms with Gasteiger partial charge in [-0.05, 0) is 19.4 Å². The number of rotatable bonds is 5. The summed E-state index contributed by atoms with van der Waals surface area (Å²) in [5.41, 5.74) is 0. The van der Waals surface area contributed by atoms with Gasteiger partial charge in [0.15, 0.2) is 0 Å². The van der Waals surface area contributed by atoms with Crippen molar-refractivity contribution in [2.75, 3.05) is 6.61 Å². The first-order valence-corrected chi connectivity index (χ1v) is 3.84. The molecule has 0 unspecified atom stereocenters. The molecule has 0 saturated carbocycles. The molecule has 1 atom stereocenters. The van der Waals surface area contributed by atoms with Gasteiger partial charge < -0.3 is 9.84 Å². The highest BCUT2D eigenvalue weighted by Gasteiger charge is 1.97. The maximum Gasteiger partial charge on any atom is 0.330 e. The van der Waals surface area contributed by atoms with Gasteiger partial charge in [0.1, 0.15) is 0 Å². The SMILES string of the molecule is C=CC[C@@H](O)C=CC(=O)OCC. The van der Waals surface area contributed by atoms with E-state index in [0.29, 0.717) is 13.0 Å². The molecule has 0 aliphatic heterocycles. The molecule has 0 heterocycles. The van der Waals surface area contributed by atoms with Gasteiger partial charge in [0, 0.05) is 6.08 Å². The molecule has 0 fully saturated rings. The molecule has 0 aliphatic rings. The third-order valence-electron chi connectivity index (χ3n) is 1.15. The quantitative estimate of drug-likeness (QED) is 0.381. The standard InChI is InChI=1S/C9H14O3/c1-3-5-8(10)6-7-9(11)12-4-2/h3,6-8,10H,1,4-5H2,2H3/t8-/m1/s1. The Labute approximate surface area is 72.3 Å². The molecule has 12 heavy (non-hydrogen) atoms. The fourth-order valence-corrected chi connectivity index (χ4v) is 0.629. The highest BCUT2D eigenvalue weighted by Crippen LogP contribution is 1.94. The van der Waals surface area contributed by atoms with Gasteiger partial charge in [-0.3, -0.25) is 0 Å². The Morgan fingerprint density at radius 2 is 2.42 bits per heavy atom. The van der Waals surface area contributed by atoms with Crippen LogP contribution in [0.2, 0.25) is 0 Å². The second-order valence-corrected chi connectivity index (χ2v) is 2.20. The first kappa shape index (κ1) is 10.9. The number of ether oxygens (including phenoxy) is 1. The fourth-order valence-electron chi connectivity index (χ4n) is 0.629. The number of hydrogen-bond acceptors (Lipinski definition) is 3. The molecule has 0 saturated heterocycles. The minimum atomic E-state index is -0.646. The molecule has 0 aromatic heterocycles. The zero-order valence-electron chi connectivity index (χ0n) is 7.19. The predicted octanol–water partition coefficient (Wildman–Crippen LogP) is 1.04. The Bertz CT molecular complexity index is 173. The third kappa shape index (κ3) is 5.68. The van der Waals surface area contributed by atoms with Gasteiger partial charge in [0.2, 0.25) is 0 Å². The van der Waals surface area contributed by atoms with E-state index < -0.39 is 12.1 Å². The number of aliphatic hydroxyl groups excluding tert-OH is 1. The van der Waals surface area contributed by atoms with Crippen molar-refractivity contribution in [3.63, 3.8) is 0 Å². The summed E-state index contributed by atoms with van der Waals surface area (Å²) in [4.78, 5) is 10.7. The van der Waals surface area contributed by atoms with E-state index in [9.17, 15) is 4.79 Å². The maximum absolute atomic E-state index is 10.7. The van der Waals surface area contributed by atoms with Crippen LogP contribution in [0.3, 0.4) is 0 Å². The third-order valence-corrected chi connectivity index (χ3v) is 1.15. The molecule has 68 valence electrons. The average Bonchev–Trinajstić information content (AvgIpc) is 2.02. The first-order chi connectivity index (χ1) is 5.70. The van der Waals surface area contributed by atoms with Gasteiger partial charge in [-0.1, -0.05) is 6.08 Å². The van der Waals surface area contributed by atoms with Crippen LogP contribution in [-0.2, 0) is 9.53 Å². The van der Waals surface area contributed by atoms with Crippen LogP contribution in [0.15, 0.2) is 24.8 Å². The minimum Gasteiger partial charge on any atom is -0.463 e. The van der Waals surface area contributed by atoms with Gasteiger partial charge in [-0.2, -0.15) is 0 Å². The Kier molecular flexibility index (Phi) is 6.01. The lowest BCUT2D eigenvalue weighted by Crippen LogP contribution is -2.04. The van der Waals surface area contributed by atoms with E-state index in [1.165, 1.54) is 12.2 Å². The summed E-state index contributed by atoms with van der Waals surface area (Å²) in [6, 6.07) is 0. The highest BCUT2D eigenvalue weighted by molar-refractivity contribution is 5.81. The van der Waals surface area contributed by atoms with E-state index in [1.807, 2.05) is 0 Å². The van der Waals surface area contributed by atoms with Crippen LogP contribution in [-0.4, -0.2) is 23.8 Å². The minimum absolute atomic E-state index is 0.348. The molecule has 0 amide bonds. The number of hydrogen-bond donors (Lipinski definition) is 1. The Morgan fingerprint density at radius 1 is 1.75 bits per heavy atom. The molecule has 0 bridgehead atoms. The van der Waals surface area contributed by atoms with E-state index >= 15 is 0 Å². The Hall–Kier alpha value is -1.09. The van der Waals surface area contributed by atoms with E-state index in [2.05, 4.69) is 11.3 Å². The lowest BCUT2D eigenvalue weighted by molar-refractivity contribution is -0.137. The van der Waals surface area contributed by atoms with E-state index in [0.717, 1.165) is 0 Å². The number of carbonyl (C=O) groups is 1. The molecule has 0 aromatic rings. The second-order valence-electron chi connectivity index (χ2n) is 2.20. The molecule has 1 N–H and O–H groups in total. The van der Waals surface area contributed by atoms with Crippen molar-refractivity contribution in [2.45, 2.75) is 19.4 Å². The van der Waals surface area contributed by atoms with Crippen molar-refractivity contribution in [1.29, 1.82) is 0 Å². The summed E-state index contributed by atoms with van der Waals surface area (Å²) < 4.78 is 4.61. The highest BCUT2D eigenvalue weighted by atomic mass is 16.5. The van der Waals surface area contributed by atoms with Gasteiger partial charge in [-0.15, -0.1) is 6.58 Å². The first-order valence-electron chi connectivity index (χ1n) is 3.84. The van der Waals surface area contributed by atoms with Crippen molar-refractivity contribution >= 4 is 5.97 Å². The van der Waals surface area contributed by atoms with Crippen LogP contribution >= 0.6 is 0 Å². The van der Waals surface area contributed by atoms with E-state index in [4.69, 9.17) is 5.11 Å². The summed E-state index contributed by atoms with van der Waals surface area (Å²) in [5.74, 6) is -0.430. The fraction of sp³-hybridized carbons (Fsp3) is 0.444. The molecular weight excluding hydrogens is 156 g/mol. The topological polar surface area (TPSA) is 46.5 Å². The molecule has 0 aromatic carbocycles. The lowest BCUT2D eigenvalue weighted by atomic mass is 10.2. The normalized spacial score (nSPS) is 12.8. The maximum atomic E-state index is 10.7. The van der Waals surface area contributed by atoms with Crippen LogP contribution in [0.25, 0.3) is 0 Å². The summed E-state index contributed by atoms with van der Waals surface area (Å²) in [5, 5.41) is 9.10. The van der Waals surface area contributed by atoms with Crippen molar-refractivity contribution in [3.8, 4) is 0 Å².